The third kappa shape index (κ3) is 3.25. The van der Waals surface area contributed by atoms with Crippen molar-refractivity contribution in [1.29, 1.82) is 0 Å². The molecule has 1 aromatic carbocycles. The van der Waals surface area contributed by atoms with Gasteiger partial charge in [-0.15, -0.1) is 0 Å². The summed E-state index contributed by atoms with van der Waals surface area (Å²) in [4.78, 5) is 33.1. The molecule has 3 aromatic heterocycles. The van der Waals surface area contributed by atoms with E-state index in [1.807, 2.05) is 0 Å². The molecular formula is C19H14ClN5O3. The van der Waals surface area contributed by atoms with Gasteiger partial charge in [-0.05, 0) is 43.3 Å². The van der Waals surface area contributed by atoms with Crippen LogP contribution < -0.4 is 11.2 Å². The van der Waals surface area contributed by atoms with Crippen molar-refractivity contribution in [3.8, 4) is 22.8 Å². The summed E-state index contributed by atoms with van der Waals surface area (Å²) in [5.74, 6) is -0.211. The lowest BCUT2D eigenvalue weighted by atomic mass is 10.1. The van der Waals surface area contributed by atoms with Crippen molar-refractivity contribution in [2.45, 2.75) is 13.5 Å². The van der Waals surface area contributed by atoms with Crippen molar-refractivity contribution in [1.82, 2.24) is 19.7 Å². The highest BCUT2D eigenvalue weighted by Crippen LogP contribution is 2.23. The van der Waals surface area contributed by atoms with Crippen LogP contribution in [0.15, 0.2) is 51.9 Å². The number of primary amides is 1. The highest BCUT2D eigenvalue weighted by Gasteiger charge is 2.18. The molecule has 0 fully saturated rings. The highest BCUT2D eigenvalue weighted by atomic mass is 35.5. The third-order valence-corrected chi connectivity index (χ3v) is 4.40. The average molecular weight is 396 g/mol. The number of nitrogens with zero attached hydrogens (tertiary/aromatic N) is 4. The van der Waals surface area contributed by atoms with Crippen LogP contribution in [-0.4, -0.2) is 25.6 Å². The SMILES string of the molecule is Cc1ccc2c(=O)c(-c3nc(-c4ccc(Cl)cc4)no3)cn(CC(N)=O)c2n1. The lowest BCUT2D eigenvalue weighted by Gasteiger charge is -2.10. The average Bonchev–Trinajstić information content (AvgIpc) is 3.14. The first kappa shape index (κ1) is 17.9. The van der Waals surface area contributed by atoms with E-state index in [1.54, 1.807) is 43.3 Å². The van der Waals surface area contributed by atoms with Crippen LogP contribution in [0, 0.1) is 6.92 Å². The van der Waals surface area contributed by atoms with Gasteiger partial charge in [0.1, 0.15) is 17.8 Å². The van der Waals surface area contributed by atoms with Crippen LogP contribution in [0.2, 0.25) is 5.02 Å². The number of aromatic nitrogens is 4. The lowest BCUT2D eigenvalue weighted by Crippen LogP contribution is -2.22. The third-order valence-electron chi connectivity index (χ3n) is 4.15. The number of carbonyl (C=O) groups is 1. The van der Waals surface area contributed by atoms with Gasteiger partial charge in [0.2, 0.25) is 17.2 Å². The minimum absolute atomic E-state index is 0.0376. The summed E-state index contributed by atoms with van der Waals surface area (Å²) in [6.45, 7) is 1.65. The van der Waals surface area contributed by atoms with Gasteiger partial charge in [-0.1, -0.05) is 16.8 Å². The molecule has 1 amide bonds. The molecule has 0 bridgehead atoms. The number of aryl methyl sites for hydroxylation is 1. The number of benzene rings is 1. The second-order valence-corrected chi connectivity index (χ2v) is 6.66. The first-order chi connectivity index (χ1) is 13.4. The van der Waals surface area contributed by atoms with Crippen LogP contribution in [0.25, 0.3) is 33.9 Å². The predicted octanol–water partition coefficient (Wildman–Crippen LogP) is 2.56. The molecule has 140 valence electrons. The second-order valence-electron chi connectivity index (χ2n) is 6.22. The molecular weight excluding hydrogens is 382 g/mol. The second kappa shape index (κ2) is 6.90. The minimum Gasteiger partial charge on any atom is -0.368 e. The maximum atomic E-state index is 13.0. The van der Waals surface area contributed by atoms with Gasteiger partial charge < -0.3 is 14.8 Å². The molecule has 3 heterocycles. The quantitative estimate of drug-likeness (QED) is 0.567. The first-order valence-electron chi connectivity index (χ1n) is 8.31. The standard InChI is InChI=1S/C19H14ClN5O3/c1-10-2-7-13-16(27)14(8-25(9-15(21)26)18(13)22-10)19-23-17(24-28-19)11-3-5-12(20)6-4-11/h2-8H,9H2,1H3,(H2,21,26). The fraction of sp³-hybridized carbons (Fsp3) is 0.105. The van der Waals surface area contributed by atoms with Gasteiger partial charge in [0.25, 0.3) is 5.89 Å². The molecule has 4 aromatic rings. The topological polar surface area (TPSA) is 117 Å². The Morgan fingerprint density at radius 2 is 1.93 bits per heavy atom. The number of pyridine rings is 2. The summed E-state index contributed by atoms with van der Waals surface area (Å²) >= 11 is 5.89. The predicted molar refractivity (Wildman–Crippen MR) is 104 cm³/mol. The summed E-state index contributed by atoms with van der Waals surface area (Å²) in [6, 6.07) is 10.3. The molecule has 0 saturated carbocycles. The van der Waals surface area contributed by atoms with Crippen LogP contribution >= 0.6 is 11.6 Å². The Hall–Kier alpha value is -3.52. The molecule has 0 unspecified atom stereocenters. The summed E-state index contributed by atoms with van der Waals surface area (Å²) in [6.07, 6.45) is 1.46. The number of halogens is 1. The molecule has 4 rings (SSSR count). The Labute approximate surface area is 163 Å². The van der Waals surface area contributed by atoms with Gasteiger partial charge in [-0.25, -0.2) is 4.98 Å². The number of nitrogens with two attached hydrogens (primary N) is 1. The molecule has 2 N–H and O–H groups in total. The van der Waals surface area contributed by atoms with E-state index in [4.69, 9.17) is 21.9 Å². The van der Waals surface area contributed by atoms with E-state index in [0.29, 0.717) is 33.1 Å². The molecule has 0 aliphatic carbocycles. The van der Waals surface area contributed by atoms with Crippen molar-refractivity contribution in [2.75, 3.05) is 0 Å². The van der Waals surface area contributed by atoms with Crippen molar-refractivity contribution >= 4 is 28.5 Å². The van der Waals surface area contributed by atoms with Crippen LogP contribution in [0.5, 0.6) is 0 Å². The Morgan fingerprint density at radius 1 is 1.18 bits per heavy atom. The van der Waals surface area contributed by atoms with Gasteiger partial charge in [0.05, 0.1) is 5.39 Å². The van der Waals surface area contributed by atoms with E-state index in [0.717, 1.165) is 0 Å². The van der Waals surface area contributed by atoms with E-state index >= 15 is 0 Å². The number of fused-ring (bicyclic) bond motifs is 1. The lowest BCUT2D eigenvalue weighted by molar-refractivity contribution is -0.118. The van der Waals surface area contributed by atoms with Gasteiger partial charge in [0.15, 0.2) is 0 Å². The molecule has 0 spiro atoms. The maximum absolute atomic E-state index is 13.0. The summed E-state index contributed by atoms with van der Waals surface area (Å²) in [5, 5.41) is 4.85. The number of hydrogen-bond donors (Lipinski definition) is 1. The Balaban J connectivity index is 1.88. The fourth-order valence-electron chi connectivity index (χ4n) is 2.85. The minimum atomic E-state index is -0.563. The summed E-state index contributed by atoms with van der Waals surface area (Å²) in [7, 11) is 0. The zero-order valence-electron chi connectivity index (χ0n) is 14.7. The number of amides is 1. The van der Waals surface area contributed by atoms with E-state index in [-0.39, 0.29) is 23.4 Å². The Morgan fingerprint density at radius 3 is 2.64 bits per heavy atom. The van der Waals surface area contributed by atoms with Crippen LogP contribution in [0.4, 0.5) is 0 Å². The molecule has 0 aliphatic rings. The van der Waals surface area contributed by atoms with Gasteiger partial charge >= 0.3 is 0 Å². The largest absolute Gasteiger partial charge is 0.368 e. The molecule has 28 heavy (non-hydrogen) atoms. The van der Waals surface area contributed by atoms with Crippen molar-refractivity contribution in [2.24, 2.45) is 5.73 Å². The highest BCUT2D eigenvalue weighted by molar-refractivity contribution is 6.30. The molecule has 0 atom stereocenters. The van der Waals surface area contributed by atoms with Crippen LogP contribution in [0.1, 0.15) is 5.69 Å². The number of carbonyl (C=O) groups excluding carboxylic acids is 1. The molecule has 8 nitrogen and oxygen atoms in total. The van der Waals surface area contributed by atoms with Crippen molar-refractivity contribution < 1.29 is 9.32 Å². The molecule has 0 radical (unpaired) electrons. The number of rotatable bonds is 4. The molecule has 0 aliphatic heterocycles. The van der Waals surface area contributed by atoms with Gasteiger partial charge in [0, 0.05) is 22.5 Å². The van der Waals surface area contributed by atoms with Crippen molar-refractivity contribution in [3.63, 3.8) is 0 Å². The Bertz CT molecular complexity index is 1260. The summed E-state index contributed by atoms with van der Waals surface area (Å²) in [5.41, 5.74) is 6.94. The first-order valence-corrected chi connectivity index (χ1v) is 8.69. The van der Waals surface area contributed by atoms with E-state index in [9.17, 15) is 9.59 Å². The van der Waals surface area contributed by atoms with Crippen LogP contribution in [0.3, 0.4) is 0 Å². The fourth-order valence-corrected chi connectivity index (χ4v) is 2.98. The van der Waals surface area contributed by atoms with E-state index in [2.05, 4.69) is 15.1 Å². The van der Waals surface area contributed by atoms with Crippen LogP contribution in [-0.2, 0) is 11.3 Å². The van der Waals surface area contributed by atoms with E-state index < -0.39 is 5.91 Å². The molecule has 0 saturated heterocycles. The van der Waals surface area contributed by atoms with Gasteiger partial charge in [-0.2, -0.15) is 4.98 Å². The number of hydrogen-bond acceptors (Lipinski definition) is 6. The van der Waals surface area contributed by atoms with E-state index in [1.165, 1.54) is 10.8 Å². The summed E-state index contributed by atoms with van der Waals surface area (Å²) < 4.78 is 6.81. The maximum Gasteiger partial charge on any atom is 0.263 e. The zero-order chi connectivity index (χ0) is 19.8. The normalized spacial score (nSPS) is 11.1. The smallest absolute Gasteiger partial charge is 0.263 e. The van der Waals surface area contributed by atoms with Crippen molar-refractivity contribution in [3.05, 3.63) is 63.5 Å². The zero-order valence-corrected chi connectivity index (χ0v) is 15.5. The molecule has 9 heteroatoms. The van der Waals surface area contributed by atoms with Gasteiger partial charge in [-0.3, -0.25) is 9.59 Å². The monoisotopic (exact) mass is 395 g/mol. The Kier molecular flexibility index (Phi) is 4.40.